The average molecular weight is 781 g/mol. The molecule has 6 aromatic rings. The van der Waals surface area contributed by atoms with Crippen molar-refractivity contribution in [3.8, 4) is 10.7 Å². The van der Waals surface area contributed by atoms with Crippen LogP contribution in [0.2, 0.25) is 0 Å². The van der Waals surface area contributed by atoms with Crippen LogP contribution in [-0.2, 0) is 14.3 Å². The number of nitrogens with one attached hydrogen (secondary N) is 4. The molecule has 2 aliphatic rings. The summed E-state index contributed by atoms with van der Waals surface area (Å²) in [6, 6.07) is 7.72. The molecule has 4 aromatic heterocycles. The first-order valence-corrected chi connectivity index (χ1v) is 19.8. The summed E-state index contributed by atoms with van der Waals surface area (Å²) in [7, 11) is 1.28. The third-order valence-electron chi connectivity index (χ3n) is 10.9. The molecule has 0 unspecified atom stereocenters. The molecular weight excluding hydrogens is 737 g/mol. The first kappa shape index (κ1) is 37.1. The molecule has 6 heterocycles. The van der Waals surface area contributed by atoms with Gasteiger partial charge in [0.15, 0.2) is 0 Å². The van der Waals surface area contributed by atoms with Gasteiger partial charge in [-0.15, -0.1) is 11.3 Å². The number of carboxylic acid groups (broad SMARTS) is 1. The van der Waals surface area contributed by atoms with E-state index >= 15 is 0 Å². The van der Waals surface area contributed by atoms with Crippen molar-refractivity contribution in [3.05, 3.63) is 48.2 Å². The normalized spacial score (nSPS) is 18.5. The molecule has 4 atom stereocenters. The highest BCUT2D eigenvalue weighted by Crippen LogP contribution is 2.39. The second kappa shape index (κ2) is 14.7. The number of amides is 4. The number of aromatic amines is 2. The number of methoxy groups -OCH3 is 1. The van der Waals surface area contributed by atoms with Crippen LogP contribution >= 0.6 is 11.3 Å². The lowest BCUT2D eigenvalue weighted by Gasteiger charge is -2.29. The second-order valence-electron chi connectivity index (χ2n) is 15.2. The highest BCUT2D eigenvalue weighted by atomic mass is 32.1. The van der Waals surface area contributed by atoms with Crippen LogP contribution in [0.3, 0.4) is 0 Å². The predicted octanol–water partition coefficient (Wildman–Crippen LogP) is 6.26. The summed E-state index contributed by atoms with van der Waals surface area (Å²) in [6.07, 6.45) is 3.03. The Morgan fingerprint density at radius 2 is 1.39 bits per heavy atom. The fourth-order valence-electron chi connectivity index (χ4n) is 8.07. The predicted molar refractivity (Wildman–Crippen MR) is 211 cm³/mol. The SMILES string of the molecule is COC(=O)N[C@H](C(=O)N1CCC[C@H]1c1nc2ccc3nc(-c4cc5ccc6nc([C@@H]7CCCN7C(=O)[C@@H](NC(=O)O)C(C)C)[nH]c6c5cn4)sc3c2[nH]1)C(C)C. The Morgan fingerprint density at radius 3 is 2.00 bits per heavy atom. The van der Waals surface area contributed by atoms with E-state index in [1.165, 1.54) is 18.4 Å². The molecule has 8 rings (SSSR count). The molecule has 2 saturated heterocycles. The summed E-state index contributed by atoms with van der Waals surface area (Å²) in [4.78, 5) is 80.8. The van der Waals surface area contributed by atoms with E-state index in [4.69, 9.17) is 24.7 Å². The van der Waals surface area contributed by atoms with E-state index in [0.717, 1.165) is 73.7 Å². The van der Waals surface area contributed by atoms with Crippen LogP contribution in [0, 0.1) is 11.8 Å². The zero-order valence-corrected chi connectivity index (χ0v) is 32.6. The van der Waals surface area contributed by atoms with Gasteiger partial charge in [-0.3, -0.25) is 14.6 Å². The number of hydrogen-bond acceptors (Lipinski definition) is 10. The van der Waals surface area contributed by atoms with Crippen LogP contribution < -0.4 is 10.6 Å². The third kappa shape index (κ3) is 6.62. The molecule has 0 spiro atoms. The molecule has 2 aromatic carbocycles. The third-order valence-corrected chi connectivity index (χ3v) is 12.0. The first-order chi connectivity index (χ1) is 26.9. The van der Waals surface area contributed by atoms with Crippen molar-refractivity contribution in [1.29, 1.82) is 0 Å². The Labute approximate surface area is 325 Å². The van der Waals surface area contributed by atoms with Gasteiger partial charge in [0.05, 0.1) is 57.2 Å². The number of ether oxygens (including phenoxy) is 1. The van der Waals surface area contributed by atoms with Gasteiger partial charge in [-0.05, 0) is 67.2 Å². The zero-order valence-electron chi connectivity index (χ0n) is 31.8. The zero-order chi connectivity index (χ0) is 39.4. The number of carbonyl (C=O) groups excluding carboxylic acids is 3. The summed E-state index contributed by atoms with van der Waals surface area (Å²) < 4.78 is 5.71. The molecule has 5 N–H and O–H groups in total. The van der Waals surface area contributed by atoms with Gasteiger partial charge < -0.3 is 40.2 Å². The number of aromatic nitrogens is 6. The van der Waals surface area contributed by atoms with Crippen LogP contribution in [0.1, 0.15) is 77.1 Å². The number of benzene rings is 2. The van der Waals surface area contributed by atoms with Crippen LogP contribution in [0.5, 0.6) is 0 Å². The minimum Gasteiger partial charge on any atom is -0.465 e. The fraction of sp³-hybridized carbons (Fsp3) is 0.436. The van der Waals surface area contributed by atoms with Crippen molar-refractivity contribution < 1.29 is 29.0 Å². The van der Waals surface area contributed by atoms with Crippen LogP contribution in [0.4, 0.5) is 9.59 Å². The summed E-state index contributed by atoms with van der Waals surface area (Å²) >= 11 is 1.52. The molecule has 0 aliphatic carbocycles. The Morgan fingerprint density at radius 1 is 0.821 bits per heavy atom. The van der Waals surface area contributed by atoms with Crippen molar-refractivity contribution in [2.24, 2.45) is 11.8 Å². The lowest BCUT2D eigenvalue weighted by atomic mass is 10.0. The molecule has 56 heavy (non-hydrogen) atoms. The topological polar surface area (TPSA) is 211 Å². The van der Waals surface area contributed by atoms with Gasteiger partial charge >= 0.3 is 12.2 Å². The van der Waals surface area contributed by atoms with Crippen molar-refractivity contribution in [3.63, 3.8) is 0 Å². The largest absolute Gasteiger partial charge is 0.465 e. The van der Waals surface area contributed by atoms with E-state index in [1.807, 2.05) is 64.2 Å². The van der Waals surface area contributed by atoms with Gasteiger partial charge in [0.2, 0.25) is 11.8 Å². The Kier molecular flexibility index (Phi) is 9.72. The summed E-state index contributed by atoms with van der Waals surface area (Å²) in [6.45, 7) is 8.53. The molecule has 0 saturated carbocycles. The fourth-order valence-corrected chi connectivity index (χ4v) is 9.10. The molecule has 16 nitrogen and oxygen atoms in total. The molecular formula is C39H44N10O6S. The van der Waals surface area contributed by atoms with Crippen molar-refractivity contribution >= 4 is 78.4 Å². The number of alkyl carbamates (subject to hydrolysis) is 1. The molecule has 0 bridgehead atoms. The maximum atomic E-state index is 13.7. The lowest BCUT2D eigenvalue weighted by Crippen LogP contribution is -2.51. The Hall–Kier alpha value is -5.84. The van der Waals surface area contributed by atoms with E-state index in [-0.39, 0.29) is 35.7 Å². The van der Waals surface area contributed by atoms with Gasteiger partial charge in [-0.1, -0.05) is 33.8 Å². The minimum absolute atomic E-state index is 0.130. The van der Waals surface area contributed by atoms with E-state index in [9.17, 15) is 24.3 Å². The van der Waals surface area contributed by atoms with Crippen molar-refractivity contribution in [2.45, 2.75) is 77.5 Å². The molecule has 4 amide bonds. The number of rotatable bonds is 9. The van der Waals surface area contributed by atoms with Gasteiger partial charge in [-0.25, -0.2) is 24.5 Å². The second-order valence-corrected chi connectivity index (χ2v) is 16.2. The van der Waals surface area contributed by atoms with Crippen molar-refractivity contribution in [1.82, 2.24) is 50.3 Å². The number of likely N-dealkylation sites (tertiary alicyclic amines) is 2. The Balaban J connectivity index is 1.07. The highest BCUT2D eigenvalue weighted by Gasteiger charge is 2.39. The minimum atomic E-state index is -1.22. The number of carbonyl (C=O) groups is 4. The number of imidazole rings is 2. The molecule has 2 aliphatic heterocycles. The van der Waals surface area contributed by atoms with Crippen LogP contribution in [0.25, 0.3) is 53.8 Å². The van der Waals surface area contributed by atoms with E-state index in [1.54, 1.807) is 9.80 Å². The molecule has 17 heteroatoms. The number of thiazole rings is 1. The first-order valence-electron chi connectivity index (χ1n) is 18.9. The van der Waals surface area contributed by atoms with Gasteiger partial charge in [-0.2, -0.15) is 0 Å². The number of pyridine rings is 1. The Bertz CT molecular complexity index is 2510. The average Bonchev–Trinajstić information content (AvgIpc) is 4.02. The summed E-state index contributed by atoms with van der Waals surface area (Å²) in [5.41, 5.74) is 4.72. The molecule has 0 radical (unpaired) electrons. The molecule has 2 fully saturated rings. The monoisotopic (exact) mass is 780 g/mol. The maximum absolute atomic E-state index is 13.7. The van der Waals surface area contributed by atoms with Gasteiger partial charge in [0.25, 0.3) is 0 Å². The summed E-state index contributed by atoms with van der Waals surface area (Å²) in [5.74, 6) is 0.612. The van der Waals surface area contributed by atoms with Crippen molar-refractivity contribution in [2.75, 3.05) is 20.2 Å². The van der Waals surface area contributed by atoms with E-state index in [0.29, 0.717) is 30.4 Å². The number of fused-ring (bicyclic) bond motifs is 6. The van der Waals surface area contributed by atoms with Crippen LogP contribution in [-0.4, -0.2) is 101 Å². The van der Waals surface area contributed by atoms with Crippen LogP contribution in [0.15, 0.2) is 36.5 Å². The quantitative estimate of drug-likeness (QED) is 0.111. The van der Waals surface area contributed by atoms with Gasteiger partial charge in [0.1, 0.15) is 28.7 Å². The van der Waals surface area contributed by atoms with Gasteiger partial charge in [0, 0.05) is 24.7 Å². The molecule has 292 valence electrons. The smallest absolute Gasteiger partial charge is 0.407 e. The number of nitrogens with zero attached hydrogens (tertiary/aromatic N) is 6. The lowest BCUT2D eigenvalue weighted by molar-refractivity contribution is -0.136. The van der Waals surface area contributed by atoms with E-state index in [2.05, 4.69) is 20.6 Å². The maximum Gasteiger partial charge on any atom is 0.407 e. The highest BCUT2D eigenvalue weighted by molar-refractivity contribution is 7.22. The number of H-pyrrole nitrogens is 2. The summed E-state index contributed by atoms with van der Waals surface area (Å²) in [5, 5.41) is 17.0. The van der Waals surface area contributed by atoms with E-state index < -0.39 is 24.3 Å². The standard InChI is InChI=1S/C39H44N10O6S/c1-18(2)28(46-38(52)53)36(50)48-14-6-8-26(48)33-41-22-11-10-20-16-25(40-17-21(20)30(22)44-33)35-43-24-13-12-23-31(32(24)56-35)45-34(42-23)27-9-7-15-49(27)37(51)29(19(3)4)47-39(54)55-5/h10-13,16-19,26-29,46H,6-9,14-15H2,1-5H3,(H,41,44)(H,42,45)(H,47,54)(H,52,53)/t26-,27-,28-,29-/m0/s1. The number of hydrogen-bond donors (Lipinski definition) is 5.